The predicted molar refractivity (Wildman–Crippen MR) is 72.1 cm³/mol. The van der Waals surface area contributed by atoms with E-state index >= 15 is 0 Å². The van der Waals surface area contributed by atoms with Gasteiger partial charge in [-0.2, -0.15) is 5.10 Å². The van der Waals surface area contributed by atoms with Crippen LogP contribution in [-0.4, -0.2) is 20.8 Å². The lowest BCUT2D eigenvalue weighted by Crippen LogP contribution is -2.15. The molecule has 0 atom stereocenters. The minimum absolute atomic E-state index is 0.616. The molecule has 0 aromatic carbocycles. The van der Waals surface area contributed by atoms with E-state index in [1.165, 1.54) is 18.4 Å². The SMILES string of the molecule is CCn1cc(Oc2cc(CNC3CC3)ccn2)cn1. The number of nitrogens with zero attached hydrogens (tertiary/aromatic N) is 3. The normalized spacial score (nSPS) is 14.6. The molecule has 19 heavy (non-hydrogen) atoms. The molecule has 100 valence electrons. The van der Waals surface area contributed by atoms with E-state index in [2.05, 4.69) is 15.4 Å². The molecule has 1 saturated carbocycles. The maximum absolute atomic E-state index is 5.70. The molecule has 3 rings (SSSR count). The fourth-order valence-electron chi connectivity index (χ4n) is 1.86. The van der Waals surface area contributed by atoms with Gasteiger partial charge in [0.1, 0.15) is 0 Å². The van der Waals surface area contributed by atoms with Gasteiger partial charge in [0.15, 0.2) is 5.75 Å². The molecule has 2 aromatic rings. The monoisotopic (exact) mass is 258 g/mol. The Bertz CT molecular complexity index is 548. The van der Waals surface area contributed by atoms with Crippen LogP contribution >= 0.6 is 0 Å². The summed E-state index contributed by atoms with van der Waals surface area (Å²) in [7, 11) is 0. The zero-order valence-corrected chi connectivity index (χ0v) is 11.0. The van der Waals surface area contributed by atoms with Crippen molar-refractivity contribution in [2.75, 3.05) is 0 Å². The van der Waals surface area contributed by atoms with Crippen LogP contribution in [0.3, 0.4) is 0 Å². The summed E-state index contributed by atoms with van der Waals surface area (Å²) in [4.78, 5) is 4.23. The summed E-state index contributed by atoms with van der Waals surface area (Å²) in [6.07, 6.45) is 7.95. The Morgan fingerprint density at radius 1 is 1.47 bits per heavy atom. The van der Waals surface area contributed by atoms with Gasteiger partial charge in [-0.15, -0.1) is 0 Å². The lowest BCUT2D eigenvalue weighted by Gasteiger charge is -2.05. The molecule has 0 unspecified atom stereocenters. The van der Waals surface area contributed by atoms with E-state index in [9.17, 15) is 0 Å². The lowest BCUT2D eigenvalue weighted by atomic mass is 10.2. The number of rotatable bonds is 6. The van der Waals surface area contributed by atoms with E-state index in [1.54, 1.807) is 12.4 Å². The second kappa shape index (κ2) is 5.40. The fourth-order valence-corrected chi connectivity index (χ4v) is 1.86. The molecule has 5 nitrogen and oxygen atoms in total. The molecule has 0 bridgehead atoms. The third kappa shape index (κ3) is 3.32. The summed E-state index contributed by atoms with van der Waals surface area (Å²) in [5.41, 5.74) is 1.19. The Balaban J connectivity index is 1.64. The predicted octanol–water partition coefficient (Wildman–Crippen LogP) is 2.34. The van der Waals surface area contributed by atoms with Gasteiger partial charge in [-0.05, 0) is 31.4 Å². The Morgan fingerprint density at radius 3 is 3.11 bits per heavy atom. The Hall–Kier alpha value is -1.88. The van der Waals surface area contributed by atoms with Crippen molar-refractivity contribution in [2.45, 2.75) is 38.9 Å². The van der Waals surface area contributed by atoms with E-state index in [0.29, 0.717) is 11.9 Å². The van der Waals surface area contributed by atoms with E-state index in [1.807, 2.05) is 29.9 Å². The number of aromatic nitrogens is 3. The standard InChI is InChI=1S/C14H18N4O/c1-2-18-10-13(9-17-18)19-14-7-11(5-6-15-14)8-16-12-3-4-12/h5-7,9-10,12,16H,2-4,8H2,1H3. The van der Waals surface area contributed by atoms with Crippen LogP contribution in [0.25, 0.3) is 0 Å². The largest absolute Gasteiger partial charge is 0.436 e. The third-order valence-corrected chi connectivity index (χ3v) is 3.13. The Morgan fingerprint density at radius 2 is 2.37 bits per heavy atom. The van der Waals surface area contributed by atoms with Gasteiger partial charge < -0.3 is 10.1 Å². The number of nitrogens with one attached hydrogen (secondary N) is 1. The molecule has 2 heterocycles. The summed E-state index contributed by atoms with van der Waals surface area (Å²) < 4.78 is 7.53. The van der Waals surface area contributed by atoms with Gasteiger partial charge in [0.05, 0.1) is 12.4 Å². The van der Waals surface area contributed by atoms with Crippen molar-refractivity contribution in [1.82, 2.24) is 20.1 Å². The van der Waals surface area contributed by atoms with Crippen LogP contribution in [0.4, 0.5) is 0 Å². The third-order valence-electron chi connectivity index (χ3n) is 3.13. The first kappa shape index (κ1) is 12.2. The Labute approximate surface area is 112 Å². The zero-order valence-electron chi connectivity index (χ0n) is 11.0. The summed E-state index contributed by atoms with van der Waals surface area (Å²) in [6, 6.07) is 4.69. The van der Waals surface area contributed by atoms with Gasteiger partial charge in [0.25, 0.3) is 0 Å². The molecule has 1 fully saturated rings. The maximum atomic E-state index is 5.70. The van der Waals surface area contributed by atoms with E-state index in [-0.39, 0.29) is 0 Å². The van der Waals surface area contributed by atoms with Crippen LogP contribution < -0.4 is 10.1 Å². The van der Waals surface area contributed by atoms with Crippen molar-refractivity contribution in [3.05, 3.63) is 36.3 Å². The van der Waals surface area contributed by atoms with Crippen molar-refractivity contribution in [3.63, 3.8) is 0 Å². The van der Waals surface area contributed by atoms with Crippen molar-refractivity contribution >= 4 is 0 Å². The van der Waals surface area contributed by atoms with Gasteiger partial charge >= 0.3 is 0 Å². The van der Waals surface area contributed by atoms with Crippen LogP contribution in [0, 0.1) is 0 Å². The molecule has 0 aliphatic heterocycles. The molecule has 1 aliphatic rings. The highest BCUT2D eigenvalue weighted by Crippen LogP contribution is 2.21. The van der Waals surface area contributed by atoms with Gasteiger partial charge in [0, 0.05) is 31.4 Å². The molecule has 0 saturated heterocycles. The molecule has 5 heteroatoms. The van der Waals surface area contributed by atoms with E-state index in [4.69, 9.17) is 4.74 Å². The molecular weight excluding hydrogens is 240 g/mol. The van der Waals surface area contributed by atoms with Crippen LogP contribution in [0.5, 0.6) is 11.6 Å². The van der Waals surface area contributed by atoms with Crippen LogP contribution in [0.2, 0.25) is 0 Å². The van der Waals surface area contributed by atoms with Gasteiger partial charge in [0.2, 0.25) is 5.88 Å². The highest BCUT2D eigenvalue weighted by molar-refractivity contribution is 5.25. The molecule has 1 aliphatic carbocycles. The Kier molecular flexibility index (Phi) is 3.46. The number of pyridine rings is 1. The number of hydrogen-bond donors (Lipinski definition) is 1. The molecule has 0 radical (unpaired) electrons. The summed E-state index contributed by atoms with van der Waals surface area (Å²) in [5, 5.41) is 7.65. The second-order valence-corrected chi connectivity index (χ2v) is 4.79. The van der Waals surface area contributed by atoms with Gasteiger partial charge in [-0.25, -0.2) is 4.98 Å². The smallest absolute Gasteiger partial charge is 0.219 e. The van der Waals surface area contributed by atoms with E-state index in [0.717, 1.165) is 18.8 Å². The number of aryl methyl sites for hydroxylation is 1. The summed E-state index contributed by atoms with van der Waals surface area (Å²) in [6.45, 7) is 3.75. The first-order valence-corrected chi connectivity index (χ1v) is 6.72. The summed E-state index contributed by atoms with van der Waals surface area (Å²) >= 11 is 0. The first-order chi connectivity index (χ1) is 9.33. The van der Waals surface area contributed by atoms with Crippen molar-refractivity contribution in [2.24, 2.45) is 0 Å². The van der Waals surface area contributed by atoms with Gasteiger partial charge in [-0.1, -0.05) is 0 Å². The number of hydrogen-bond acceptors (Lipinski definition) is 4. The van der Waals surface area contributed by atoms with E-state index < -0.39 is 0 Å². The average Bonchev–Trinajstić information content (AvgIpc) is 3.16. The van der Waals surface area contributed by atoms with Crippen molar-refractivity contribution in [1.29, 1.82) is 0 Å². The van der Waals surface area contributed by atoms with Crippen LogP contribution in [-0.2, 0) is 13.1 Å². The second-order valence-electron chi connectivity index (χ2n) is 4.79. The van der Waals surface area contributed by atoms with Gasteiger partial charge in [-0.3, -0.25) is 4.68 Å². The van der Waals surface area contributed by atoms with Crippen molar-refractivity contribution in [3.8, 4) is 11.6 Å². The summed E-state index contributed by atoms with van der Waals surface area (Å²) in [5.74, 6) is 1.34. The zero-order chi connectivity index (χ0) is 13.1. The lowest BCUT2D eigenvalue weighted by molar-refractivity contribution is 0.460. The highest BCUT2D eigenvalue weighted by Gasteiger charge is 2.19. The minimum Gasteiger partial charge on any atom is -0.436 e. The fraction of sp³-hybridized carbons (Fsp3) is 0.429. The highest BCUT2D eigenvalue weighted by atomic mass is 16.5. The van der Waals surface area contributed by atoms with Crippen LogP contribution in [0.15, 0.2) is 30.7 Å². The van der Waals surface area contributed by atoms with Crippen LogP contribution in [0.1, 0.15) is 25.3 Å². The average molecular weight is 258 g/mol. The molecule has 0 spiro atoms. The molecule has 0 amide bonds. The quantitative estimate of drug-likeness (QED) is 0.864. The topological polar surface area (TPSA) is 52.0 Å². The number of ether oxygens (including phenoxy) is 1. The molecular formula is C14H18N4O. The van der Waals surface area contributed by atoms with Crippen molar-refractivity contribution < 1.29 is 4.74 Å². The first-order valence-electron chi connectivity index (χ1n) is 6.72. The maximum Gasteiger partial charge on any atom is 0.219 e. The minimum atomic E-state index is 0.616. The molecule has 1 N–H and O–H groups in total. The molecule has 2 aromatic heterocycles.